The number of carbonyl (C=O) groups excluding carboxylic acids is 1. The molecule has 0 unspecified atom stereocenters. The number of fused-ring (bicyclic) bond motifs is 1. The van der Waals surface area contributed by atoms with E-state index in [1.165, 1.54) is 0 Å². The number of urea groups is 1. The highest BCUT2D eigenvalue weighted by Crippen LogP contribution is 2.28. The van der Waals surface area contributed by atoms with Crippen molar-refractivity contribution in [2.75, 3.05) is 18.4 Å². The number of imidazole rings is 1. The topological polar surface area (TPSA) is 61.0 Å². The summed E-state index contributed by atoms with van der Waals surface area (Å²) in [6.07, 6.45) is 1.86. The van der Waals surface area contributed by atoms with E-state index in [1.807, 2.05) is 49.1 Å². The number of hydrogen-bond donors (Lipinski definition) is 2. The Hall–Kier alpha value is -2.82. The second kappa shape index (κ2) is 6.83. The Bertz CT molecular complexity index is 885. The number of benzene rings is 2. The van der Waals surface area contributed by atoms with Gasteiger partial charge in [0.25, 0.3) is 0 Å². The molecule has 134 valence electrons. The first-order valence-corrected chi connectivity index (χ1v) is 9.17. The van der Waals surface area contributed by atoms with Gasteiger partial charge in [-0.3, -0.25) is 0 Å². The first-order valence-electron chi connectivity index (χ1n) is 9.17. The van der Waals surface area contributed by atoms with Crippen molar-refractivity contribution in [3.05, 3.63) is 59.4 Å². The first-order chi connectivity index (χ1) is 12.6. The highest BCUT2D eigenvalue weighted by Gasteiger charge is 2.25. The summed E-state index contributed by atoms with van der Waals surface area (Å²) in [5.41, 5.74) is 5.27. The van der Waals surface area contributed by atoms with Gasteiger partial charge in [0.1, 0.15) is 5.82 Å². The van der Waals surface area contributed by atoms with Crippen LogP contribution >= 0.6 is 0 Å². The number of aryl methyl sites for hydroxylation is 2. The Balaban J connectivity index is 1.39. The van der Waals surface area contributed by atoms with E-state index < -0.39 is 0 Å². The lowest BCUT2D eigenvalue weighted by Gasteiger charge is -2.31. The fourth-order valence-electron chi connectivity index (χ4n) is 3.77. The number of carbonyl (C=O) groups is 1. The van der Waals surface area contributed by atoms with Crippen molar-refractivity contribution in [3.8, 4) is 0 Å². The van der Waals surface area contributed by atoms with Crippen LogP contribution in [0.2, 0.25) is 0 Å². The quantitative estimate of drug-likeness (QED) is 0.711. The van der Waals surface area contributed by atoms with E-state index in [0.29, 0.717) is 5.92 Å². The molecule has 0 saturated carbocycles. The number of piperidine rings is 1. The van der Waals surface area contributed by atoms with E-state index in [2.05, 4.69) is 22.4 Å². The average molecular weight is 348 g/mol. The maximum absolute atomic E-state index is 12.6. The molecule has 1 saturated heterocycles. The number of amides is 2. The number of hydrogen-bond acceptors (Lipinski definition) is 2. The molecule has 1 aliphatic rings. The second-order valence-corrected chi connectivity index (χ2v) is 7.21. The van der Waals surface area contributed by atoms with Crippen LogP contribution in [-0.4, -0.2) is 34.0 Å². The number of para-hydroxylation sites is 2. The van der Waals surface area contributed by atoms with Crippen LogP contribution in [-0.2, 0) is 0 Å². The summed E-state index contributed by atoms with van der Waals surface area (Å²) in [4.78, 5) is 22.6. The molecule has 1 fully saturated rings. The van der Waals surface area contributed by atoms with Crippen molar-refractivity contribution < 1.29 is 4.79 Å². The number of H-pyrrole nitrogens is 1. The third-order valence-electron chi connectivity index (χ3n) is 5.05. The molecule has 2 amide bonds. The number of aromatic nitrogens is 2. The predicted octanol–water partition coefficient (Wildman–Crippen LogP) is 4.59. The third-order valence-corrected chi connectivity index (χ3v) is 5.05. The zero-order valence-corrected chi connectivity index (χ0v) is 15.2. The smallest absolute Gasteiger partial charge is 0.321 e. The molecule has 2 heterocycles. The van der Waals surface area contributed by atoms with E-state index in [1.54, 1.807) is 0 Å². The van der Waals surface area contributed by atoms with E-state index in [-0.39, 0.29) is 6.03 Å². The summed E-state index contributed by atoms with van der Waals surface area (Å²) in [7, 11) is 0. The van der Waals surface area contributed by atoms with Gasteiger partial charge >= 0.3 is 6.03 Å². The molecule has 26 heavy (non-hydrogen) atoms. The molecule has 4 rings (SSSR count). The number of likely N-dealkylation sites (tertiary alicyclic amines) is 1. The monoisotopic (exact) mass is 348 g/mol. The van der Waals surface area contributed by atoms with Crippen LogP contribution in [0.25, 0.3) is 11.0 Å². The Kier molecular flexibility index (Phi) is 4.37. The van der Waals surface area contributed by atoms with Crippen molar-refractivity contribution in [2.24, 2.45) is 0 Å². The van der Waals surface area contributed by atoms with Crippen molar-refractivity contribution in [2.45, 2.75) is 32.6 Å². The molecular formula is C21H24N4O. The van der Waals surface area contributed by atoms with Crippen molar-refractivity contribution in [1.82, 2.24) is 14.9 Å². The fraction of sp³-hybridized carbons (Fsp3) is 0.333. The Morgan fingerprint density at radius 3 is 2.50 bits per heavy atom. The van der Waals surface area contributed by atoms with E-state index in [9.17, 15) is 4.79 Å². The average Bonchev–Trinajstić information content (AvgIpc) is 3.05. The number of anilines is 1. The standard InChI is InChI=1S/C21H24N4O/c1-14-11-15(2)13-17(12-14)22-21(26)25-9-7-16(8-10-25)20-23-18-5-3-4-6-19(18)24-20/h3-6,11-13,16H,7-10H2,1-2H3,(H,22,26)(H,23,24). The minimum Gasteiger partial charge on any atom is -0.342 e. The molecule has 0 spiro atoms. The number of aromatic amines is 1. The van der Waals surface area contributed by atoms with Gasteiger partial charge in [0.05, 0.1) is 11.0 Å². The first kappa shape index (κ1) is 16.6. The van der Waals surface area contributed by atoms with Crippen LogP contribution < -0.4 is 5.32 Å². The predicted molar refractivity (Wildman–Crippen MR) is 105 cm³/mol. The van der Waals surface area contributed by atoms with Gasteiger partial charge in [-0.2, -0.15) is 0 Å². The van der Waals surface area contributed by atoms with Crippen LogP contribution in [0.3, 0.4) is 0 Å². The van der Waals surface area contributed by atoms with Gasteiger partial charge in [-0.1, -0.05) is 18.2 Å². The lowest BCUT2D eigenvalue weighted by atomic mass is 9.96. The largest absolute Gasteiger partial charge is 0.342 e. The Morgan fingerprint density at radius 1 is 1.12 bits per heavy atom. The van der Waals surface area contributed by atoms with Crippen molar-refractivity contribution in [3.63, 3.8) is 0 Å². The normalized spacial score (nSPS) is 15.4. The van der Waals surface area contributed by atoms with Gasteiger partial charge in [0.2, 0.25) is 0 Å². The van der Waals surface area contributed by atoms with Crippen LogP contribution in [0.15, 0.2) is 42.5 Å². The van der Waals surface area contributed by atoms with Crippen LogP contribution in [0.5, 0.6) is 0 Å². The maximum atomic E-state index is 12.6. The summed E-state index contributed by atoms with van der Waals surface area (Å²) >= 11 is 0. The fourth-order valence-corrected chi connectivity index (χ4v) is 3.77. The lowest BCUT2D eigenvalue weighted by molar-refractivity contribution is 0.193. The zero-order valence-electron chi connectivity index (χ0n) is 15.2. The molecule has 1 aliphatic heterocycles. The SMILES string of the molecule is Cc1cc(C)cc(NC(=O)N2CCC(c3nc4ccccc4[nH]3)CC2)c1. The van der Waals surface area contributed by atoms with Crippen LogP contribution in [0.1, 0.15) is 35.7 Å². The summed E-state index contributed by atoms with van der Waals surface area (Å²) in [6, 6.07) is 14.2. The van der Waals surface area contributed by atoms with E-state index in [4.69, 9.17) is 4.98 Å². The Morgan fingerprint density at radius 2 is 1.81 bits per heavy atom. The van der Waals surface area contributed by atoms with Crippen molar-refractivity contribution in [1.29, 1.82) is 0 Å². The summed E-state index contributed by atoms with van der Waals surface area (Å²) in [6.45, 7) is 5.58. The molecule has 0 atom stereocenters. The second-order valence-electron chi connectivity index (χ2n) is 7.21. The van der Waals surface area contributed by atoms with E-state index in [0.717, 1.165) is 59.6 Å². The van der Waals surface area contributed by atoms with Crippen LogP contribution in [0, 0.1) is 13.8 Å². The number of nitrogens with one attached hydrogen (secondary N) is 2. The summed E-state index contributed by atoms with van der Waals surface area (Å²) in [5.74, 6) is 1.42. The molecule has 5 nitrogen and oxygen atoms in total. The van der Waals surface area contributed by atoms with E-state index >= 15 is 0 Å². The zero-order chi connectivity index (χ0) is 18.1. The highest BCUT2D eigenvalue weighted by molar-refractivity contribution is 5.89. The van der Waals surface area contributed by atoms with Gasteiger partial charge < -0.3 is 15.2 Å². The molecule has 3 aromatic rings. The molecule has 5 heteroatoms. The summed E-state index contributed by atoms with van der Waals surface area (Å²) in [5, 5.41) is 3.03. The number of nitrogens with zero attached hydrogens (tertiary/aromatic N) is 2. The molecule has 2 aromatic carbocycles. The third kappa shape index (κ3) is 3.43. The number of rotatable bonds is 2. The maximum Gasteiger partial charge on any atom is 0.321 e. The molecule has 0 aliphatic carbocycles. The van der Waals surface area contributed by atoms with Gasteiger partial charge in [-0.05, 0) is 62.1 Å². The van der Waals surface area contributed by atoms with Crippen LogP contribution in [0.4, 0.5) is 10.5 Å². The van der Waals surface area contributed by atoms with Gasteiger partial charge in [0.15, 0.2) is 0 Å². The Labute approximate surface area is 153 Å². The molecule has 2 N–H and O–H groups in total. The van der Waals surface area contributed by atoms with Gasteiger partial charge in [-0.15, -0.1) is 0 Å². The molecule has 0 bridgehead atoms. The minimum absolute atomic E-state index is 0.0157. The minimum atomic E-state index is -0.0157. The lowest BCUT2D eigenvalue weighted by Crippen LogP contribution is -2.40. The molecule has 1 aromatic heterocycles. The van der Waals surface area contributed by atoms with Gasteiger partial charge in [-0.25, -0.2) is 9.78 Å². The van der Waals surface area contributed by atoms with Crippen molar-refractivity contribution >= 4 is 22.8 Å². The molecular weight excluding hydrogens is 324 g/mol. The van der Waals surface area contributed by atoms with Gasteiger partial charge in [0, 0.05) is 24.7 Å². The highest BCUT2D eigenvalue weighted by atomic mass is 16.2. The molecule has 0 radical (unpaired) electrons. The summed E-state index contributed by atoms with van der Waals surface area (Å²) < 4.78 is 0.